The molecule has 3 heterocycles. The molecule has 0 unspecified atom stereocenters. The highest BCUT2D eigenvalue weighted by Gasteiger charge is 2.23. The molecule has 9 aromatic carbocycles. The largest absolute Gasteiger partial charge is 0.454 e. The van der Waals surface area contributed by atoms with Crippen molar-refractivity contribution < 1.29 is 8.83 Å². The van der Waals surface area contributed by atoms with Crippen LogP contribution in [-0.4, -0.2) is 4.57 Å². The van der Waals surface area contributed by atoms with Gasteiger partial charge < -0.3 is 13.7 Å². The summed E-state index contributed by atoms with van der Waals surface area (Å²) in [6.07, 6.45) is 0. The average molecular weight is 743 g/mol. The lowest BCUT2D eigenvalue weighted by Crippen LogP contribution is -2.10. The zero-order chi connectivity index (χ0) is 38.2. The zero-order valence-electron chi connectivity index (χ0n) is 31.3. The Morgan fingerprint density at radius 1 is 0.397 bits per heavy atom. The van der Waals surface area contributed by atoms with Gasteiger partial charge in [0.15, 0.2) is 5.58 Å². The lowest BCUT2D eigenvalue weighted by Gasteiger charge is -2.26. The maximum atomic E-state index is 6.64. The maximum Gasteiger partial charge on any atom is 0.213 e. The number of rotatable bonds is 6. The number of hydrogen-bond donors (Lipinski definition) is 0. The molecule has 0 aliphatic rings. The molecule has 3 aromatic heterocycles. The van der Waals surface area contributed by atoms with Gasteiger partial charge in [0.05, 0.1) is 16.6 Å². The minimum absolute atomic E-state index is 0.851. The number of aromatic nitrogens is 1. The highest BCUT2D eigenvalue weighted by atomic mass is 16.3. The predicted octanol–water partition coefficient (Wildman–Crippen LogP) is 15.4. The highest BCUT2D eigenvalue weighted by molar-refractivity contribution is 6.22. The Bertz CT molecular complexity index is 3500. The lowest BCUT2D eigenvalue weighted by atomic mass is 10.00. The van der Waals surface area contributed by atoms with Gasteiger partial charge in [0, 0.05) is 44.2 Å². The number of hydrogen-bond acceptors (Lipinski definition) is 3. The van der Waals surface area contributed by atoms with Gasteiger partial charge in [-0.05, 0) is 88.1 Å². The second kappa shape index (κ2) is 12.9. The third-order valence-corrected chi connectivity index (χ3v) is 11.6. The van der Waals surface area contributed by atoms with E-state index in [0.29, 0.717) is 0 Å². The summed E-state index contributed by atoms with van der Waals surface area (Å²) in [6.45, 7) is 0. The Labute approximate surface area is 334 Å². The van der Waals surface area contributed by atoms with Crippen molar-refractivity contribution >= 4 is 82.7 Å². The molecule has 0 saturated carbocycles. The first-order valence-corrected chi connectivity index (χ1v) is 19.7. The standard InChI is InChI=1S/C54H34N2O2/c1-2-14-40(15-3-1)56-52-43(18-10-20-47(52)51-46-17-7-9-23-50(46)58-54(51)56)37-28-32-42(33-29-37)55(48-21-11-19-45-44-16-6-8-22-49(44)57-53(45)48)41-30-26-36(27-31-41)39-25-24-35-12-4-5-13-38(35)34-39/h1-34H. The molecule has 0 aliphatic carbocycles. The fourth-order valence-electron chi connectivity index (χ4n) is 8.89. The molecule has 0 fully saturated rings. The molecule has 0 bridgehead atoms. The lowest BCUT2D eigenvalue weighted by molar-refractivity contribution is 0.645. The van der Waals surface area contributed by atoms with E-state index in [2.05, 4.69) is 191 Å². The van der Waals surface area contributed by atoms with Gasteiger partial charge in [-0.2, -0.15) is 0 Å². The molecule has 4 nitrogen and oxygen atoms in total. The second-order valence-corrected chi connectivity index (χ2v) is 14.9. The third kappa shape index (κ3) is 5.02. The summed E-state index contributed by atoms with van der Waals surface area (Å²) in [6, 6.07) is 73.1. The molecule has 12 rings (SSSR count). The van der Waals surface area contributed by atoms with Crippen molar-refractivity contribution in [3.63, 3.8) is 0 Å². The number of furan rings is 2. The van der Waals surface area contributed by atoms with E-state index in [1.807, 2.05) is 24.3 Å². The van der Waals surface area contributed by atoms with Gasteiger partial charge in [0.1, 0.15) is 11.2 Å². The summed E-state index contributed by atoms with van der Waals surface area (Å²) in [5.41, 5.74) is 13.3. The Kier molecular flexibility index (Phi) is 7.20. The monoisotopic (exact) mass is 742 g/mol. The molecule has 0 N–H and O–H groups in total. The van der Waals surface area contributed by atoms with Crippen LogP contribution in [0.1, 0.15) is 0 Å². The smallest absolute Gasteiger partial charge is 0.213 e. The molecule has 58 heavy (non-hydrogen) atoms. The fourth-order valence-corrected chi connectivity index (χ4v) is 8.89. The number of fused-ring (bicyclic) bond motifs is 9. The number of anilines is 3. The normalized spacial score (nSPS) is 11.8. The molecule has 272 valence electrons. The molecule has 0 saturated heterocycles. The molecule has 0 aliphatic heterocycles. The van der Waals surface area contributed by atoms with Crippen LogP contribution in [-0.2, 0) is 0 Å². The first kappa shape index (κ1) is 32.4. The molecular weight excluding hydrogens is 709 g/mol. The van der Waals surface area contributed by atoms with Crippen LogP contribution in [0.15, 0.2) is 215 Å². The van der Waals surface area contributed by atoms with Gasteiger partial charge in [-0.3, -0.25) is 4.57 Å². The Morgan fingerprint density at radius 3 is 1.79 bits per heavy atom. The molecule has 0 radical (unpaired) electrons. The quantitative estimate of drug-likeness (QED) is 0.170. The average Bonchev–Trinajstić information content (AvgIpc) is 3.96. The van der Waals surface area contributed by atoms with Crippen LogP contribution in [0.2, 0.25) is 0 Å². The summed E-state index contributed by atoms with van der Waals surface area (Å²) in [4.78, 5) is 2.31. The first-order chi connectivity index (χ1) is 28.8. The van der Waals surface area contributed by atoms with E-state index in [4.69, 9.17) is 8.83 Å². The summed E-state index contributed by atoms with van der Waals surface area (Å²) >= 11 is 0. The summed E-state index contributed by atoms with van der Waals surface area (Å²) in [5, 5.41) is 8.08. The zero-order valence-corrected chi connectivity index (χ0v) is 31.3. The van der Waals surface area contributed by atoms with Gasteiger partial charge in [-0.25, -0.2) is 0 Å². The summed E-state index contributed by atoms with van der Waals surface area (Å²) in [5.74, 6) is 0. The minimum Gasteiger partial charge on any atom is -0.454 e. The Hall–Kier alpha value is -7.82. The van der Waals surface area contributed by atoms with Crippen LogP contribution in [0.3, 0.4) is 0 Å². The highest BCUT2D eigenvalue weighted by Crippen LogP contribution is 2.45. The van der Waals surface area contributed by atoms with Crippen molar-refractivity contribution in [1.29, 1.82) is 0 Å². The number of nitrogens with zero attached hydrogens (tertiary/aromatic N) is 2. The molecular formula is C54H34N2O2. The van der Waals surface area contributed by atoms with Crippen molar-refractivity contribution in [2.75, 3.05) is 4.90 Å². The Balaban J connectivity index is 1.02. The SMILES string of the molecule is c1ccc(-n2c3oc4ccccc4c3c3cccc(-c4ccc(N(c5ccc(-c6ccc7ccccc7c6)cc5)c5cccc6c5oc5ccccc56)cc4)c32)cc1. The molecule has 12 aromatic rings. The van der Waals surface area contributed by atoms with Crippen molar-refractivity contribution in [1.82, 2.24) is 4.57 Å². The number of benzene rings is 9. The van der Waals surface area contributed by atoms with E-state index in [1.165, 1.54) is 21.9 Å². The number of para-hydroxylation sites is 5. The van der Waals surface area contributed by atoms with Crippen LogP contribution >= 0.6 is 0 Å². The van der Waals surface area contributed by atoms with E-state index < -0.39 is 0 Å². The minimum atomic E-state index is 0.851. The maximum absolute atomic E-state index is 6.64. The van der Waals surface area contributed by atoms with E-state index >= 15 is 0 Å². The van der Waals surface area contributed by atoms with Crippen molar-refractivity contribution in [3.05, 3.63) is 206 Å². The van der Waals surface area contributed by atoms with Gasteiger partial charge in [-0.1, -0.05) is 146 Å². The second-order valence-electron chi connectivity index (χ2n) is 14.9. The topological polar surface area (TPSA) is 34.5 Å². The Morgan fingerprint density at radius 2 is 1.00 bits per heavy atom. The summed E-state index contributed by atoms with van der Waals surface area (Å²) < 4.78 is 15.5. The fraction of sp³-hybridized carbons (Fsp3) is 0. The first-order valence-electron chi connectivity index (χ1n) is 19.7. The van der Waals surface area contributed by atoms with E-state index in [-0.39, 0.29) is 0 Å². The molecule has 4 heteroatoms. The van der Waals surface area contributed by atoms with Crippen LogP contribution in [0.4, 0.5) is 17.1 Å². The van der Waals surface area contributed by atoms with Gasteiger partial charge in [0.2, 0.25) is 5.71 Å². The van der Waals surface area contributed by atoms with Crippen molar-refractivity contribution in [2.45, 2.75) is 0 Å². The van der Waals surface area contributed by atoms with Crippen LogP contribution in [0, 0.1) is 0 Å². The van der Waals surface area contributed by atoms with Gasteiger partial charge >= 0.3 is 0 Å². The van der Waals surface area contributed by atoms with E-state index in [9.17, 15) is 0 Å². The van der Waals surface area contributed by atoms with E-state index in [0.717, 1.165) is 88.8 Å². The van der Waals surface area contributed by atoms with Gasteiger partial charge in [-0.15, -0.1) is 0 Å². The predicted molar refractivity (Wildman–Crippen MR) is 241 cm³/mol. The molecule has 0 spiro atoms. The van der Waals surface area contributed by atoms with E-state index in [1.54, 1.807) is 0 Å². The van der Waals surface area contributed by atoms with Gasteiger partial charge in [0.25, 0.3) is 0 Å². The third-order valence-electron chi connectivity index (χ3n) is 11.6. The van der Waals surface area contributed by atoms with Crippen LogP contribution in [0.25, 0.3) is 93.6 Å². The molecule has 0 amide bonds. The molecule has 0 atom stereocenters. The van der Waals surface area contributed by atoms with Crippen molar-refractivity contribution in [2.24, 2.45) is 0 Å². The van der Waals surface area contributed by atoms with Crippen molar-refractivity contribution in [3.8, 4) is 27.9 Å². The summed E-state index contributed by atoms with van der Waals surface area (Å²) in [7, 11) is 0. The van der Waals surface area contributed by atoms with Crippen LogP contribution in [0.5, 0.6) is 0 Å². The van der Waals surface area contributed by atoms with Crippen LogP contribution < -0.4 is 4.90 Å².